The summed E-state index contributed by atoms with van der Waals surface area (Å²) in [6.07, 6.45) is -4.56. The van der Waals surface area contributed by atoms with E-state index in [1.807, 2.05) is 0 Å². The first-order valence-corrected chi connectivity index (χ1v) is 7.71. The van der Waals surface area contributed by atoms with Gasteiger partial charge in [-0.2, -0.15) is 13.2 Å². The maximum absolute atomic E-state index is 12.4. The van der Waals surface area contributed by atoms with Gasteiger partial charge < -0.3 is 15.5 Å². The number of amides is 3. The molecular weight excluding hydrogens is 339 g/mol. The molecule has 2 rings (SSSR count). The van der Waals surface area contributed by atoms with Crippen molar-refractivity contribution in [3.05, 3.63) is 24.3 Å². The highest BCUT2D eigenvalue weighted by Crippen LogP contribution is 2.25. The Morgan fingerprint density at radius 2 is 1.64 bits per heavy atom. The van der Waals surface area contributed by atoms with Gasteiger partial charge in [0, 0.05) is 37.3 Å². The highest BCUT2D eigenvalue weighted by Gasteiger charge is 2.43. The molecule has 1 saturated heterocycles. The smallest absolute Gasteiger partial charge is 0.335 e. The number of hydrogen-bond donors (Lipinski definition) is 2. The fourth-order valence-electron chi connectivity index (χ4n) is 2.65. The molecule has 0 saturated carbocycles. The molecule has 1 aliphatic rings. The lowest BCUT2D eigenvalue weighted by atomic mass is 9.95. The first-order valence-electron chi connectivity index (χ1n) is 7.71. The Bertz CT molecular complexity index is 668. The third-order valence-electron chi connectivity index (χ3n) is 3.85. The van der Waals surface area contributed by atoms with Crippen LogP contribution in [0.5, 0.6) is 0 Å². The van der Waals surface area contributed by atoms with Gasteiger partial charge in [0.05, 0.1) is 0 Å². The molecule has 0 spiro atoms. The van der Waals surface area contributed by atoms with Crippen molar-refractivity contribution in [3.63, 3.8) is 0 Å². The van der Waals surface area contributed by atoms with Crippen LogP contribution in [-0.2, 0) is 14.4 Å². The summed E-state index contributed by atoms with van der Waals surface area (Å²) in [5, 5.41) is 5.27. The molecule has 3 amide bonds. The first-order chi connectivity index (χ1) is 11.7. The van der Waals surface area contributed by atoms with Gasteiger partial charge in [-0.1, -0.05) is 6.07 Å². The van der Waals surface area contributed by atoms with Crippen LogP contribution in [0, 0.1) is 5.92 Å². The molecule has 0 radical (unpaired) electrons. The van der Waals surface area contributed by atoms with E-state index in [1.54, 1.807) is 24.3 Å². The average molecular weight is 357 g/mol. The predicted molar refractivity (Wildman–Crippen MR) is 84.7 cm³/mol. The van der Waals surface area contributed by atoms with Crippen LogP contribution in [0.15, 0.2) is 24.3 Å². The number of rotatable bonds is 3. The van der Waals surface area contributed by atoms with Crippen LogP contribution in [0.3, 0.4) is 0 Å². The lowest BCUT2D eigenvalue weighted by Gasteiger charge is -2.31. The molecule has 0 atom stereocenters. The van der Waals surface area contributed by atoms with Gasteiger partial charge in [0.15, 0.2) is 0 Å². The zero-order valence-electron chi connectivity index (χ0n) is 13.5. The fraction of sp³-hybridized carbons (Fsp3) is 0.438. The Morgan fingerprint density at radius 3 is 2.16 bits per heavy atom. The number of alkyl halides is 3. The van der Waals surface area contributed by atoms with Crippen molar-refractivity contribution in [1.29, 1.82) is 0 Å². The van der Waals surface area contributed by atoms with E-state index in [-0.39, 0.29) is 37.7 Å². The number of benzene rings is 1. The molecule has 1 aliphatic heterocycles. The van der Waals surface area contributed by atoms with Crippen molar-refractivity contribution in [2.45, 2.75) is 25.9 Å². The minimum Gasteiger partial charge on any atom is -0.335 e. The van der Waals surface area contributed by atoms with Crippen molar-refractivity contribution in [1.82, 2.24) is 4.90 Å². The molecule has 0 aliphatic carbocycles. The van der Waals surface area contributed by atoms with E-state index >= 15 is 0 Å². The standard InChI is InChI=1S/C16H18F3N3O3/c1-10(23)20-12-3-2-4-13(9-12)21-14(24)11-5-7-22(8-6-11)15(25)16(17,18)19/h2-4,9,11H,5-8H2,1H3,(H,20,23)(H,21,24). The normalized spacial score (nSPS) is 15.6. The number of nitrogens with zero attached hydrogens (tertiary/aromatic N) is 1. The lowest BCUT2D eigenvalue weighted by Crippen LogP contribution is -2.46. The summed E-state index contributed by atoms with van der Waals surface area (Å²) in [6.45, 7) is 1.14. The fourth-order valence-corrected chi connectivity index (χ4v) is 2.65. The van der Waals surface area contributed by atoms with Crippen molar-refractivity contribution >= 4 is 29.1 Å². The van der Waals surface area contributed by atoms with E-state index in [1.165, 1.54) is 6.92 Å². The Morgan fingerprint density at radius 1 is 1.08 bits per heavy atom. The molecule has 1 heterocycles. The molecule has 1 aromatic rings. The van der Waals surface area contributed by atoms with Gasteiger partial charge in [-0.25, -0.2) is 0 Å². The zero-order valence-corrected chi connectivity index (χ0v) is 13.5. The lowest BCUT2D eigenvalue weighted by molar-refractivity contribution is -0.186. The molecular formula is C16H18F3N3O3. The molecule has 9 heteroatoms. The second kappa shape index (κ2) is 7.54. The van der Waals surface area contributed by atoms with Crippen LogP contribution in [-0.4, -0.2) is 41.9 Å². The molecule has 0 bridgehead atoms. The number of anilines is 2. The van der Waals surface area contributed by atoms with E-state index in [0.29, 0.717) is 11.4 Å². The Balaban J connectivity index is 1.91. The van der Waals surface area contributed by atoms with Gasteiger partial charge in [0.2, 0.25) is 11.8 Å². The number of carbonyl (C=O) groups is 3. The van der Waals surface area contributed by atoms with Crippen molar-refractivity contribution < 1.29 is 27.6 Å². The quantitative estimate of drug-likeness (QED) is 0.872. The Kier molecular flexibility index (Phi) is 5.66. The van der Waals surface area contributed by atoms with Gasteiger partial charge in [0.25, 0.3) is 0 Å². The minimum absolute atomic E-state index is 0.109. The number of carbonyl (C=O) groups excluding carboxylic acids is 3. The highest BCUT2D eigenvalue weighted by atomic mass is 19.4. The first kappa shape index (κ1) is 18.8. The zero-order chi connectivity index (χ0) is 18.6. The summed E-state index contributed by atoms with van der Waals surface area (Å²) in [7, 11) is 0. The van der Waals surface area contributed by atoms with E-state index in [2.05, 4.69) is 10.6 Å². The number of nitrogens with one attached hydrogen (secondary N) is 2. The summed E-state index contributed by atoms with van der Waals surface area (Å²) >= 11 is 0. The van der Waals surface area contributed by atoms with Crippen LogP contribution in [0.1, 0.15) is 19.8 Å². The molecule has 6 nitrogen and oxygen atoms in total. The van der Waals surface area contributed by atoms with Crippen LogP contribution in [0.4, 0.5) is 24.5 Å². The minimum atomic E-state index is -4.89. The maximum atomic E-state index is 12.4. The van der Waals surface area contributed by atoms with E-state index in [4.69, 9.17) is 0 Å². The van der Waals surface area contributed by atoms with E-state index in [9.17, 15) is 27.6 Å². The summed E-state index contributed by atoms with van der Waals surface area (Å²) < 4.78 is 37.2. The van der Waals surface area contributed by atoms with Crippen molar-refractivity contribution in [3.8, 4) is 0 Å². The topological polar surface area (TPSA) is 78.5 Å². The van der Waals surface area contributed by atoms with Crippen LogP contribution in [0.2, 0.25) is 0 Å². The van der Waals surface area contributed by atoms with E-state index in [0.717, 1.165) is 4.90 Å². The van der Waals surface area contributed by atoms with Crippen molar-refractivity contribution in [2.75, 3.05) is 23.7 Å². The Hall–Kier alpha value is -2.58. The molecule has 0 unspecified atom stereocenters. The monoisotopic (exact) mass is 357 g/mol. The van der Waals surface area contributed by atoms with Crippen LogP contribution >= 0.6 is 0 Å². The molecule has 136 valence electrons. The number of hydrogen-bond acceptors (Lipinski definition) is 3. The van der Waals surface area contributed by atoms with Crippen LogP contribution in [0.25, 0.3) is 0 Å². The SMILES string of the molecule is CC(=O)Nc1cccc(NC(=O)C2CCN(C(=O)C(F)(F)F)CC2)c1. The van der Waals surface area contributed by atoms with Gasteiger partial charge in [-0.3, -0.25) is 14.4 Å². The molecule has 1 fully saturated rings. The Labute approximate surface area is 142 Å². The summed E-state index contributed by atoms with van der Waals surface area (Å²) in [5.41, 5.74) is 1.00. The summed E-state index contributed by atoms with van der Waals surface area (Å²) in [6, 6.07) is 6.55. The largest absolute Gasteiger partial charge is 0.471 e. The van der Waals surface area contributed by atoms with Gasteiger partial charge in [-0.05, 0) is 31.0 Å². The molecule has 0 aromatic heterocycles. The van der Waals surface area contributed by atoms with E-state index < -0.39 is 18.0 Å². The molecule has 2 N–H and O–H groups in total. The van der Waals surface area contributed by atoms with Gasteiger partial charge in [0.1, 0.15) is 0 Å². The number of piperidine rings is 1. The van der Waals surface area contributed by atoms with Gasteiger partial charge in [-0.15, -0.1) is 0 Å². The third kappa shape index (κ3) is 5.20. The van der Waals surface area contributed by atoms with Gasteiger partial charge >= 0.3 is 12.1 Å². The highest BCUT2D eigenvalue weighted by molar-refractivity contribution is 5.94. The maximum Gasteiger partial charge on any atom is 0.471 e. The second-order valence-electron chi connectivity index (χ2n) is 5.82. The van der Waals surface area contributed by atoms with Crippen molar-refractivity contribution in [2.24, 2.45) is 5.92 Å². The number of likely N-dealkylation sites (tertiary alicyclic amines) is 1. The average Bonchev–Trinajstić information content (AvgIpc) is 2.53. The molecule has 1 aromatic carbocycles. The molecule has 25 heavy (non-hydrogen) atoms. The van der Waals surface area contributed by atoms with Crippen LogP contribution < -0.4 is 10.6 Å². The third-order valence-corrected chi connectivity index (χ3v) is 3.85. The second-order valence-corrected chi connectivity index (χ2v) is 5.82. The summed E-state index contributed by atoms with van der Waals surface area (Å²) in [5.74, 6) is -2.90. The number of halogens is 3. The summed E-state index contributed by atoms with van der Waals surface area (Å²) in [4.78, 5) is 35.2. The predicted octanol–water partition coefficient (Wildman–Crippen LogP) is 2.38.